The van der Waals surface area contributed by atoms with Crippen molar-refractivity contribution in [1.82, 2.24) is 24.7 Å². The number of nitrogen functional groups attached to an aromatic ring is 1. The third-order valence-electron chi connectivity index (χ3n) is 3.86. The maximum Gasteiger partial charge on any atom is 0.226 e. The van der Waals surface area contributed by atoms with Crippen LogP contribution in [0, 0.1) is 6.92 Å². The summed E-state index contributed by atoms with van der Waals surface area (Å²) in [6.45, 7) is 6.31. The lowest BCUT2D eigenvalue weighted by molar-refractivity contribution is 0.232. The minimum absolute atomic E-state index is 0.0567. The Balaban J connectivity index is 1.81. The second-order valence-corrected chi connectivity index (χ2v) is 6.24. The van der Waals surface area contributed by atoms with Crippen LogP contribution in [0.15, 0.2) is 30.6 Å². The largest absolute Gasteiger partial charge is 0.475 e. The molecule has 8 heteroatoms. The molecule has 0 aliphatic heterocycles. The number of aryl methyl sites for hydroxylation is 2. The van der Waals surface area contributed by atoms with Crippen molar-refractivity contribution in [1.29, 1.82) is 0 Å². The molecule has 0 aromatic carbocycles. The summed E-state index contributed by atoms with van der Waals surface area (Å²) in [5, 5.41) is 7.58. The monoisotopic (exact) mass is 353 g/mol. The molecule has 0 unspecified atom stereocenters. The van der Waals surface area contributed by atoms with Crippen molar-refractivity contribution >= 4 is 11.6 Å². The van der Waals surface area contributed by atoms with Crippen LogP contribution >= 0.6 is 0 Å². The Labute approximate surface area is 152 Å². The zero-order valence-electron chi connectivity index (χ0n) is 15.4. The SMILES string of the molecule is Cc1nc(-c2cnn(C)c2CNc2nccc(OC(C)C)n2)ccc1N. The van der Waals surface area contributed by atoms with Gasteiger partial charge in [0.1, 0.15) is 0 Å². The van der Waals surface area contributed by atoms with Gasteiger partial charge < -0.3 is 15.8 Å². The summed E-state index contributed by atoms with van der Waals surface area (Å²) in [7, 11) is 1.89. The Morgan fingerprint density at radius 2 is 2.04 bits per heavy atom. The van der Waals surface area contributed by atoms with E-state index in [1.165, 1.54) is 0 Å². The molecule has 0 radical (unpaired) electrons. The summed E-state index contributed by atoms with van der Waals surface area (Å²) < 4.78 is 7.41. The van der Waals surface area contributed by atoms with Crippen LogP contribution in [0.5, 0.6) is 5.88 Å². The van der Waals surface area contributed by atoms with E-state index in [1.54, 1.807) is 18.5 Å². The molecule has 0 fully saturated rings. The maximum atomic E-state index is 5.87. The van der Waals surface area contributed by atoms with E-state index in [-0.39, 0.29) is 6.10 Å². The lowest BCUT2D eigenvalue weighted by Crippen LogP contribution is -2.11. The molecule has 0 saturated carbocycles. The third kappa shape index (κ3) is 3.90. The molecule has 0 saturated heterocycles. The van der Waals surface area contributed by atoms with Gasteiger partial charge in [-0.15, -0.1) is 0 Å². The second-order valence-electron chi connectivity index (χ2n) is 6.24. The number of hydrogen-bond donors (Lipinski definition) is 2. The van der Waals surface area contributed by atoms with Gasteiger partial charge in [-0.2, -0.15) is 10.1 Å². The summed E-state index contributed by atoms with van der Waals surface area (Å²) in [6.07, 6.45) is 3.53. The smallest absolute Gasteiger partial charge is 0.226 e. The van der Waals surface area contributed by atoms with E-state index in [9.17, 15) is 0 Å². The normalized spacial score (nSPS) is 11.0. The zero-order valence-corrected chi connectivity index (χ0v) is 15.4. The predicted octanol–water partition coefficient (Wildman–Crippen LogP) is 2.56. The van der Waals surface area contributed by atoms with Gasteiger partial charge in [0.2, 0.25) is 11.8 Å². The molecule has 0 amide bonds. The quantitative estimate of drug-likeness (QED) is 0.702. The van der Waals surface area contributed by atoms with Gasteiger partial charge in [-0.1, -0.05) is 0 Å². The lowest BCUT2D eigenvalue weighted by atomic mass is 10.1. The van der Waals surface area contributed by atoms with Gasteiger partial charge in [0.05, 0.1) is 41.6 Å². The summed E-state index contributed by atoms with van der Waals surface area (Å²) in [5.41, 5.74) is 10.1. The average molecular weight is 353 g/mol. The first-order valence-electron chi connectivity index (χ1n) is 8.42. The Kier molecular flexibility index (Phi) is 5.01. The fraction of sp³-hybridized carbons (Fsp3) is 0.333. The average Bonchev–Trinajstić information content (AvgIpc) is 2.96. The van der Waals surface area contributed by atoms with Gasteiger partial charge in [-0.3, -0.25) is 9.67 Å². The molecule has 0 aliphatic carbocycles. The van der Waals surface area contributed by atoms with Gasteiger partial charge in [-0.05, 0) is 32.9 Å². The highest BCUT2D eigenvalue weighted by Gasteiger charge is 2.13. The number of aromatic nitrogens is 5. The first-order chi connectivity index (χ1) is 12.4. The summed E-state index contributed by atoms with van der Waals surface area (Å²) in [4.78, 5) is 13.2. The van der Waals surface area contributed by atoms with Crippen molar-refractivity contribution in [3.63, 3.8) is 0 Å². The van der Waals surface area contributed by atoms with Crippen molar-refractivity contribution in [3.05, 3.63) is 42.0 Å². The molecule has 3 rings (SSSR count). The molecule has 8 nitrogen and oxygen atoms in total. The number of pyridine rings is 1. The second kappa shape index (κ2) is 7.38. The van der Waals surface area contributed by atoms with Crippen LogP contribution in [0.4, 0.5) is 11.6 Å². The van der Waals surface area contributed by atoms with Gasteiger partial charge in [0, 0.05) is 24.9 Å². The maximum absolute atomic E-state index is 5.87. The van der Waals surface area contributed by atoms with Crippen molar-refractivity contribution in [3.8, 4) is 17.1 Å². The van der Waals surface area contributed by atoms with Gasteiger partial charge in [0.15, 0.2) is 0 Å². The Hall–Kier alpha value is -3.16. The topological polar surface area (TPSA) is 104 Å². The molecule has 3 aromatic heterocycles. The number of ether oxygens (including phenoxy) is 1. The van der Waals surface area contributed by atoms with Crippen molar-refractivity contribution in [2.24, 2.45) is 7.05 Å². The van der Waals surface area contributed by atoms with Crippen LogP contribution in [0.25, 0.3) is 11.3 Å². The highest BCUT2D eigenvalue weighted by molar-refractivity contribution is 5.64. The molecule has 0 spiro atoms. The van der Waals surface area contributed by atoms with Gasteiger partial charge >= 0.3 is 0 Å². The Morgan fingerprint density at radius 1 is 1.23 bits per heavy atom. The number of rotatable bonds is 6. The fourth-order valence-corrected chi connectivity index (χ4v) is 2.51. The minimum atomic E-state index is 0.0567. The zero-order chi connectivity index (χ0) is 18.7. The van der Waals surface area contributed by atoms with Crippen LogP contribution < -0.4 is 15.8 Å². The number of nitrogens with two attached hydrogens (primary N) is 1. The molecular weight excluding hydrogens is 330 g/mol. The number of hydrogen-bond acceptors (Lipinski definition) is 7. The third-order valence-corrected chi connectivity index (χ3v) is 3.86. The van der Waals surface area contributed by atoms with E-state index < -0.39 is 0 Å². The van der Waals surface area contributed by atoms with E-state index in [2.05, 4.69) is 25.4 Å². The van der Waals surface area contributed by atoms with Gasteiger partial charge in [0.25, 0.3) is 0 Å². The number of nitrogens with one attached hydrogen (secondary N) is 1. The lowest BCUT2D eigenvalue weighted by Gasteiger charge is -2.11. The van der Waals surface area contributed by atoms with Crippen LogP contribution in [0.1, 0.15) is 25.2 Å². The molecule has 3 aromatic rings. The van der Waals surface area contributed by atoms with Crippen LogP contribution in [0.3, 0.4) is 0 Å². The molecule has 0 atom stereocenters. The molecular formula is C18H23N7O. The summed E-state index contributed by atoms with van der Waals surface area (Å²) >= 11 is 0. The van der Waals surface area contributed by atoms with Gasteiger partial charge in [-0.25, -0.2) is 4.98 Å². The van der Waals surface area contributed by atoms with Crippen LogP contribution in [0.2, 0.25) is 0 Å². The number of anilines is 2. The molecule has 0 bridgehead atoms. The summed E-state index contributed by atoms with van der Waals surface area (Å²) in [5.74, 6) is 1.04. The predicted molar refractivity (Wildman–Crippen MR) is 101 cm³/mol. The highest BCUT2D eigenvalue weighted by Crippen LogP contribution is 2.24. The molecule has 26 heavy (non-hydrogen) atoms. The molecule has 3 N–H and O–H groups in total. The first kappa shape index (κ1) is 17.7. The fourth-order valence-electron chi connectivity index (χ4n) is 2.51. The standard InChI is InChI=1S/C18H23N7O/c1-11(2)26-17-7-8-20-18(24-17)21-10-16-13(9-22-25(16)4)15-6-5-14(19)12(3)23-15/h5-9,11H,10,19H2,1-4H3,(H,20,21,24). The number of nitrogens with zero attached hydrogens (tertiary/aromatic N) is 5. The summed E-state index contributed by atoms with van der Waals surface area (Å²) in [6, 6.07) is 5.50. The van der Waals surface area contributed by atoms with Crippen LogP contribution in [-0.2, 0) is 13.6 Å². The molecule has 3 heterocycles. The Bertz CT molecular complexity index is 904. The van der Waals surface area contributed by atoms with Crippen molar-refractivity contribution in [2.75, 3.05) is 11.1 Å². The van der Waals surface area contributed by atoms with Crippen LogP contribution in [-0.4, -0.2) is 30.8 Å². The van der Waals surface area contributed by atoms with Crippen molar-refractivity contribution in [2.45, 2.75) is 33.4 Å². The van der Waals surface area contributed by atoms with E-state index in [0.29, 0.717) is 24.1 Å². The first-order valence-corrected chi connectivity index (χ1v) is 8.42. The van der Waals surface area contributed by atoms with E-state index in [1.807, 2.05) is 44.6 Å². The van der Waals surface area contributed by atoms with E-state index in [0.717, 1.165) is 22.6 Å². The molecule has 136 valence electrons. The minimum Gasteiger partial charge on any atom is -0.475 e. The van der Waals surface area contributed by atoms with E-state index >= 15 is 0 Å². The Morgan fingerprint density at radius 3 is 2.77 bits per heavy atom. The van der Waals surface area contributed by atoms with Crippen molar-refractivity contribution < 1.29 is 4.74 Å². The molecule has 0 aliphatic rings. The van der Waals surface area contributed by atoms with E-state index in [4.69, 9.17) is 10.5 Å². The highest BCUT2D eigenvalue weighted by atomic mass is 16.5.